The van der Waals surface area contributed by atoms with E-state index in [2.05, 4.69) is 10.7 Å². The number of benzene rings is 2. The summed E-state index contributed by atoms with van der Waals surface area (Å²) in [5.41, 5.74) is 7.66. The van der Waals surface area contributed by atoms with Crippen LogP contribution >= 0.6 is 0 Å². The molecule has 4 N–H and O–H groups in total. The topological polar surface area (TPSA) is 67.2 Å². The highest BCUT2D eigenvalue weighted by Crippen LogP contribution is 2.21. The van der Waals surface area contributed by atoms with Gasteiger partial charge in [0.15, 0.2) is 0 Å². The molecule has 1 amide bonds. The summed E-state index contributed by atoms with van der Waals surface area (Å²) in [7, 11) is 0. The smallest absolute Gasteiger partial charge is 0.257 e. The van der Waals surface area contributed by atoms with Gasteiger partial charge in [0.05, 0.1) is 11.3 Å². The molecule has 104 valence electrons. The van der Waals surface area contributed by atoms with Gasteiger partial charge in [0, 0.05) is 5.69 Å². The minimum atomic E-state index is -0.171. The fraction of sp³-hybridized carbons (Fsp3) is 0.188. The third kappa shape index (κ3) is 2.97. The Kier molecular flexibility index (Phi) is 4.05. The first-order chi connectivity index (χ1) is 9.51. The average molecular weight is 269 g/mol. The van der Waals surface area contributed by atoms with Gasteiger partial charge in [-0.3, -0.25) is 10.6 Å². The van der Waals surface area contributed by atoms with Gasteiger partial charge >= 0.3 is 0 Å². The summed E-state index contributed by atoms with van der Waals surface area (Å²) in [5.74, 6) is 5.28. The molecule has 4 nitrogen and oxygen atoms in total. The summed E-state index contributed by atoms with van der Waals surface area (Å²) >= 11 is 0. The highest BCUT2D eigenvalue weighted by molar-refractivity contribution is 6.08. The maximum absolute atomic E-state index is 12.4. The molecule has 2 aromatic rings. The summed E-state index contributed by atoms with van der Waals surface area (Å²) in [6, 6.07) is 11.5. The van der Waals surface area contributed by atoms with Crippen LogP contribution in [0.4, 0.5) is 11.4 Å². The number of aryl methyl sites for hydroxylation is 3. The quantitative estimate of drug-likeness (QED) is 0.592. The Balaban J connectivity index is 2.32. The number of anilines is 2. The number of hydrazine groups is 1. The van der Waals surface area contributed by atoms with E-state index in [0.717, 1.165) is 22.4 Å². The Hall–Kier alpha value is -2.33. The predicted molar refractivity (Wildman–Crippen MR) is 82.9 cm³/mol. The number of nitrogens with one attached hydrogen (secondary N) is 2. The maximum atomic E-state index is 12.4. The Morgan fingerprint density at radius 2 is 1.60 bits per heavy atom. The standard InChI is InChI=1S/C16H19N3O/c1-10-5-7-14(19-17)13(8-10)16(20)18-15-9-11(2)4-6-12(15)3/h4-9,19H,17H2,1-3H3,(H,18,20). The summed E-state index contributed by atoms with van der Waals surface area (Å²) in [6.45, 7) is 5.90. The lowest BCUT2D eigenvalue weighted by molar-refractivity contribution is 0.102. The predicted octanol–water partition coefficient (Wildman–Crippen LogP) is 3.15. The molecule has 0 saturated heterocycles. The SMILES string of the molecule is Cc1ccc(C)c(NC(=O)c2cc(C)ccc2NN)c1. The number of nitrogens with two attached hydrogens (primary N) is 1. The van der Waals surface area contributed by atoms with E-state index >= 15 is 0 Å². The van der Waals surface area contributed by atoms with E-state index in [1.54, 1.807) is 6.07 Å². The van der Waals surface area contributed by atoms with Crippen molar-refractivity contribution in [1.29, 1.82) is 0 Å². The van der Waals surface area contributed by atoms with Crippen molar-refractivity contribution in [3.63, 3.8) is 0 Å². The van der Waals surface area contributed by atoms with Crippen LogP contribution in [0.15, 0.2) is 36.4 Å². The van der Waals surface area contributed by atoms with Gasteiger partial charge in [-0.25, -0.2) is 0 Å². The molecule has 0 spiro atoms. The lowest BCUT2D eigenvalue weighted by Gasteiger charge is -2.12. The van der Waals surface area contributed by atoms with Gasteiger partial charge < -0.3 is 10.7 Å². The van der Waals surface area contributed by atoms with Crippen LogP contribution in [-0.2, 0) is 0 Å². The van der Waals surface area contributed by atoms with Crippen LogP contribution < -0.4 is 16.6 Å². The van der Waals surface area contributed by atoms with E-state index in [0.29, 0.717) is 11.3 Å². The lowest BCUT2D eigenvalue weighted by atomic mass is 10.1. The van der Waals surface area contributed by atoms with Crippen LogP contribution in [0.2, 0.25) is 0 Å². The van der Waals surface area contributed by atoms with Crippen molar-refractivity contribution >= 4 is 17.3 Å². The molecule has 0 heterocycles. The van der Waals surface area contributed by atoms with Gasteiger partial charge in [-0.05, 0) is 50.1 Å². The van der Waals surface area contributed by atoms with Gasteiger partial charge in [0.25, 0.3) is 5.91 Å². The van der Waals surface area contributed by atoms with E-state index in [9.17, 15) is 4.79 Å². The van der Waals surface area contributed by atoms with Crippen molar-refractivity contribution in [2.45, 2.75) is 20.8 Å². The number of hydrogen-bond acceptors (Lipinski definition) is 3. The summed E-state index contributed by atoms with van der Waals surface area (Å²) in [4.78, 5) is 12.4. The zero-order chi connectivity index (χ0) is 14.7. The van der Waals surface area contributed by atoms with E-state index in [-0.39, 0.29) is 5.91 Å². The van der Waals surface area contributed by atoms with Crippen molar-refractivity contribution in [2.24, 2.45) is 5.84 Å². The fourth-order valence-electron chi connectivity index (χ4n) is 2.03. The van der Waals surface area contributed by atoms with E-state index in [1.165, 1.54) is 0 Å². The molecule has 0 aliphatic heterocycles. The Bertz CT molecular complexity index is 650. The van der Waals surface area contributed by atoms with Crippen LogP contribution in [0.25, 0.3) is 0 Å². The number of rotatable bonds is 3. The van der Waals surface area contributed by atoms with Gasteiger partial charge in [0.2, 0.25) is 0 Å². The second kappa shape index (κ2) is 5.75. The molecule has 0 aliphatic rings. The summed E-state index contributed by atoms with van der Waals surface area (Å²) < 4.78 is 0. The molecule has 2 aromatic carbocycles. The molecule has 0 aromatic heterocycles. The lowest BCUT2D eigenvalue weighted by Crippen LogP contribution is -2.18. The first-order valence-electron chi connectivity index (χ1n) is 6.47. The molecular formula is C16H19N3O. The highest BCUT2D eigenvalue weighted by Gasteiger charge is 2.12. The second-order valence-corrected chi connectivity index (χ2v) is 4.97. The zero-order valence-electron chi connectivity index (χ0n) is 11.9. The third-order valence-corrected chi connectivity index (χ3v) is 3.22. The van der Waals surface area contributed by atoms with Crippen LogP contribution in [0.3, 0.4) is 0 Å². The first-order valence-corrected chi connectivity index (χ1v) is 6.47. The minimum Gasteiger partial charge on any atom is -0.323 e. The Morgan fingerprint density at radius 1 is 0.950 bits per heavy atom. The van der Waals surface area contributed by atoms with Crippen LogP contribution in [0.5, 0.6) is 0 Å². The van der Waals surface area contributed by atoms with Crippen molar-refractivity contribution < 1.29 is 4.79 Å². The van der Waals surface area contributed by atoms with Gasteiger partial charge in [-0.1, -0.05) is 23.8 Å². The molecular weight excluding hydrogens is 250 g/mol. The number of hydrogen-bond donors (Lipinski definition) is 3. The van der Waals surface area contributed by atoms with Gasteiger partial charge in [-0.2, -0.15) is 0 Å². The van der Waals surface area contributed by atoms with Crippen molar-refractivity contribution in [3.05, 3.63) is 58.7 Å². The van der Waals surface area contributed by atoms with Gasteiger partial charge in [0.1, 0.15) is 0 Å². The van der Waals surface area contributed by atoms with Crippen LogP contribution in [0.1, 0.15) is 27.0 Å². The van der Waals surface area contributed by atoms with E-state index in [4.69, 9.17) is 5.84 Å². The summed E-state index contributed by atoms with van der Waals surface area (Å²) in [5, 5.41) is 2.93. The molecule has 20 heavy (non-hydrogen) atoms. The molecule has 0 fully saturated rings. The molecule has 0 bridgehead atoms. The molecule has 2 rings (SSSR count). The third-order valence-electron chi connectivity index (χ3n) is 3.22. The molecule has 0 radical (unpaired) electrons. The maximum Gasteiger partial charge on any atom is 0.257 e. The van der Waals surface area contributed by atoms with E-state index in [1.807, 2.05) is 51.1 Å². The van der Waals surface area contributed by atoms with Crippen LogP contribution in [0, 0.1) is 20.8 Å². The average Bonchev–Trinajstić information content (AvgIpc) is 2.42. The Morgan fingerprint density at radius 3 is 2.30 bits per heavy atom. The van der Waals surface area contributed by atoms with Crippen LogP contribution in [-0.4, -0.2) is 5.91 Å². The monoisotopic (exact) mass is 269 g/mol. The zero-order valence-corrected chi connectivity index (χ0v) is 11.9. The largest absolute Gasteiger partial charge is 0.323 e. The van der Waals surface area contributed by atoms with Crippen molar-refractivity contribution in [2.75, 3.05) is 10.7 Å². The van der Waals surface area contributed by atoms with Crippen molar-refractivity contribution in [3.8, 4) is 0 Å². The molecule has 4 heteroatoms. The number of nitrogen functional groups attached to an aromatic ring is 1. The van der Waals surface area contributed by atoms with Crippen molar-refractivity contribution in [1.82, 2.24) is 0 Å². The molecule has 0 atom stereocenters. The van der Waals surface area contributed by atoms with E-state index < -0.39 is 0 Å². The number of carbonyl (C=O) groups excluding carboxylic acids is 1. The summed E-state index contributed by atoms with van der Waals surface area (Å²) in [6.07, 6.45) is 0. The molecule has 0 saturated carbocycles. The van der Waals surface area contributed by atoms with Gasteiger partial charge in [-0.15, -0.1) is 0 Å². The molecule has 0 aliphatic carbocycles. The second-order valence-electron chi connectivity index (χ2n) is 4.97. The molecule has 0 unspecified atom stereocenters. The first kappa shape index (κ1) is 14.1. The minimum absolute atomic E-state index is 0.171. The Labute approximate surface area is 119 Å². The normalized spacial score (nSPS) is 10.2. The number of carbonyl (C=O) groups is 1. The fourth-order valence-corrected chi connectivity index (χ4v) is 2.03. The number of amides is 1. The highest BCUT2D eigenvalue weighted by atomic mass is 16.1.